The molecule has 0 spiro atoms. The van der Waals surface area contributed by atoms with Crippen molar-refractivity contribution in [3.8, 4) is 5.75 Å². The third-order valence-corrected chi connectivity index (χ3v) is 4.24. The number of aryl methyl sites for hydroxylation is 1. The van der Waals surface area contributed by atoms with E-state index in [2.05, 4.69) is 5.32 Å². The van der Waals surface area contributed by atoms with Gasteiger partial charge in [-0.05, 0) is 44.9 Å². The van der Waals surface area contributed by atoms with Crippen LogP contribution in [0.25, 0.3) is 0 Å². The SMILES string of the molecule is COc1ccc(C(OC(=O)CNC(=O)OC(C)(C)C)C(=O)CCc2ccccc2)cc1. The zero-order chi connectivity index (χ0) is 22.9. The van der Waals surface area contributed by atoms with Gasteiger partial charge in [0, 0.05) is 12.0 Å². The normalized spacial score (nSPS) is 11.9. The monoisotopic (exact) mass is 427 g/mol. The number of benzene rings is 2. The number of hydrogen-bond donors (Lipinski definition) is 1. The molecule has 0 aromatic heterocycles. The summed E-state index contributed by atoms with van der Waals surface area (Å²) in [6, 6.07) is 16.3. The number of carbonyl (C=O) groups excluding carboxylic acids is 3. The highest BCUT2D eigenvalue weighted by molar-refractivity contribution is 5.88. The molecular formula is C24H29NO6. The van der Waals surface area contributed by atoms with Crippen molar-refractivity contribution in [1.82, 2.24) is 5.32 Å². The maximum atomic E-state index is 12.9. The van der Waals surface area contributed by atoms with E-state index in [1.165, 1.54) is 0 Å². The summed E-state index contributed by atoms with van der Waals surface area (Å²) in [4.78, 5) is 37.0. The first kappa shape index (κ1) is 23.9. The van der Waals surface area contributed by atoms with E-state index >= 15 is 0 Å². The predicted octanol–water partition coefficient (Wildman–Crippen LogP) is 4.01. The fourth-order valence-electron chi connectivity index (χ4n) is 2.77. The molecule has 0 heterocycles. The standard InChI is InChI=1S/C24H29NO6/c1-24(2,3)31-23(28)25-16-21(27)30-22(18-11-13-19(29-4)14-12-18)20(26)15-10-17-8-6-5-7-9-17/h5-9,11-14,22H,10,15-16H2,1-4H3,(H,25,28). The number of ketones is 1. The summed E-state index contributed by atoms with van der Waals surface area (Å²) in [6.45, 7) is 4.75. The Morgan fingerprint density at radius 1 is 0.968 bits per heavy atom. The molecule has 0 fully saturated rings. The minimum absolute atomic E-state index is 0.202. The lowest BCUT2D eigenvalue weighted by atomic mass is 9.99. The van der Waals surface area contributed by atoms with Gasteiger partial charge < -0.3 is 19.5 Å². The molecule has 1 unspecified atom stereocenters. The van der Waals surface area contributed by atoms with Gasteiger partial charge in [-0.2, -0.15) is 0 Å². The summed E-state index contributed by atoms with van der Waals surface area (Å²) in [5.74, 6) is -0.350. The van der Waals surface area contributed by atoms with Crippen molar-refractivity contribution < 1.29 is 28.6 Å². The van der Waals surface area contributed by atoms with E-state index in [4.69, 9.17) is 14.2 Å². The minimum Gasteiger partial charge on any atom is -0.497 e. The summed E-state index contributed by atoms with van der Waals surface area (Å²) in [5, 5.41) is 2.34. The van der Waals surface area contributed by atoms with Crippen molar-refractivity contribution in [2.24, 2.45) is 0 Å². The lowest BCUT2D eigenvalue weighted by molar-refractivity contribution is -0.154. The lowest BCUT2D eigenvalue weighted by Crippen LogP contribution is -2.36. The summed E-state index contributed by atoms with van der Waals surface area (Å²) < 4.78 is 15.7. The molecule has 0 saturated carbocycles. The van der Waals surface area contributed by atoms with Gasteiger partial charge in [-0.1, -0.05) is 42.5 Å². The fraction of sp³-hybridized carbons (Fsp3) is 0.375. The average Bonchev–Trinajstić information content (AvgIpc) is 2.74. The number of nitrogens with one attached hydrogen (secondary N) is 1. The Balaban J connectivity index is 2.05. The minimum atomic E-state index is -1.08. The van der Waals surface area contributed by atoms with Gasteiger partial charge in [-0.3, -0.25) is 9.59 Å². The largest absolute Gasteiger partial charge is 0.497 e. The summed E-state index contributed by atoms with van der Waals surface area (Å²) in [5.41, 5.74) is 0.860. The zero-order valence-electron chi connectivity index (χ0n) is 18.3. The van der Waals surface area contributed by atoms with Gasteiger partial charge >= 0.3 is 12.1 Å². The molecule has 2 aromatic carbocycles. The summed E-state index contributed by atoms with van der Waals surface area (Å²) in [6.07, 6.45) is -1.09. The van der Waals surface area contributed by atoms with Crippen LogP contribution in [0.2, 0.25) is 0 Å². The molecule has 0 saturated heterocycles. The Morgan fingerprint density at radius 2 is 1.61 bits per heavy atom. The molecule has 0 aliphatic rings. The number of amides is 1. The topological polar surface area (TPSA) is 90.9 Å². The summed E-state index contributed by atoms with van der Waals surface area (Å²) >= 11 is 0. The number of carbonyl (C=O) groups is 3. The van der Waals surface area contributed by atoms with Crippen LogP contribution in [0, 0.1) is 0 Å². The van der Waals surface area contributed by atoms with Crippen LogP contribution in [0.5, 0.6) is 5.75 Å². The first-order valence-electron chi connectivity index (χ1n) is 10.0. The quantitative estimate of drug-likeness (QED) is 0.608. The van der Waals surface area contributed by atoms with Gasteiger partial charge in [0.1, 0.15) is 17.9 Å². The van der Waals surface area contributed by atoms with Gasteiger partial charge in [0.05, 0.1) is 7.11 Å². The van der Waals surface area contributed by atoms with Crippen LogP contribution < -0.4 is 10.1 Å². The van der Waals surface area contributed by atoms with Crippen LogP contribution in [-0.4, -0.2) is 37.1 Å². The molecule has 2 aromatic rings. The Hall–Kier alpha value is -3.35. The molecule has 31 heavy (non-hydrogen) atoms. The number of rotatable bonds is 9. The van der Waals surface area contributed by atoms with Crippen molar-refractivity contribution in [3.63, 3.8) is 0 Å². The molecule has 1 atom stereocenters. The van der Waals surface area contributed by atoms with E-state index in [1.54, 1.807) is 52.1 Å². The van der Waals surface area contributed by atoms with Gasteiger partial charge in [-0.15, -0.1) is 0 Å². The number of ether oxygens (including phenoxy) is 3. The van der Waals surface area contributed by atoms with Gasteiger partial charge in [0.25, 0.3) is 0 Å². The Labute approximate surface area is 182 Å². The van der Waals surface area contributed by atoms with Crippen molar-refractivity contribution in [3.05, 3.63) is 65.7 Å². The van der Waals surface area contributed by atoms with Crippen LogP contribution >= 0.6 is 0 Å². The van der Waals surface area contributed by atoms with Crippen molar-refractivity contribution in [2.45, 2.75) is 45.3 Å². The van der Waals surface area contributed by atoms with Crippen LogP contribution in [0.4, 0.5) is 4.79 Å². The molecule has 7 heteroatoms. The number of methoxy groups -OCH3 is 1. The molecular weight excluding hydrogens is 398 g/mol. The fourth-order valence-corrected chi connectivity index (χ4v) is 2.77. The highest BCUT2D eigenvalue weighted by atomic mass is 16.6. The molecule has 166 valence electrons. The Kier molecular flexibility index (Phi) is 8.61. The lowest BCUT2D eigenvalue weighted by Gasteiger charge is -2.20. The first-order valence-corrected chi connectivity index (χ1v) is 10.0. The van der Waals surface area contributed by atoms with Crippen LogP contribution in [-0.2, 0) is 25.5 Å². The average molecular weight is 427 g/mol. The number of hydrogen-bond acceptors (Lipinski definition) is 6. The third-order valence-electron chi connectivity index (χ3n) is 4.24. The number of Topliss-reactive ketones (excluding diaryl/α,β-unsaturated/α-hetero) is 1. The van der Waals surface area contributed by atoms with E-state index in [1.807, 2.05) is 30.3 Å². The van der Waals surface area contributed by atoms with Crippen LogP contribution in [0.3, 0.4) is 0 Å². The molecule has 7 nitrogen and oxygen atoms in total. The second-order valence-corrected chi connectivity index (χ2v) is 7.95. The molecule has 1 amide bonds. The van der Waals surface area contributed by atoms with Gasteiger partial charge in [0.15, 0.2) is 11.9 Å². The highest BCUT2D eigenvalue weighted by Gasteiger charge is 2.25. The first-order chi connectivity index (χ1) is 14.7. The van der Waals surface area contributed by atoms with Crippen LogP contribution in [0.1, 0.15) is 44.4 Å². The number of esters is 1. The second-order valence-electron chi connectivity index (χ2n) is 7.95. The highest BCUT2D eigenvalue weighted by Crippen LogP contribution is 2.24. The van der Waals surface area contributed by atoms with E-state index < -0.39 is 30.3 Å². The predicted molar refractivity (Wildman–Crippen MR) is 116 cm³/mol. The maximum Gasteiger partial charge on any atom is 0.408 e. The summed E-state index contributed by atoms with van der Waals surface area (Å²) in [7, 11) is 1.54. The van der Waals surface area contributed by atoms with E-state index in [0.717, 1.165) is 5.56 Å². The zero-order valence-corrected chi connectivity index (χ0v) is 18.3. The van der Waals surface area contributed by atoms with E-state index in [-0.39, 0.29) is 12.2 Å². The van der Waals surface area contributed by atoms with Gasteiger partial charge in [0.2, 0.25) is 0 Å². The van der Waals surface area contributed by atoms with Crippen molar-refractivity contribution in [2.75, 3.05) is 13.7 Å². The molecule has 0 aliphatic carbocycles. The Bertz CT molecular complexity index is 871. The van der Waals surface area contributed by atoms with Crippen LogP contribution in [0.15, 0.2) is 54.6 Å². The van der Waals surface area contributed by atoms with Crippen molar-refractivity contribution in [1.29, 1.82) is 0 Å². The Morgan fingerprint density at radius 3 is 2.19 bits per heavy atom. The molecule has 2 rings (SSSR count). The van der Waals surface area contributed by atoms with Crippen molar-refractivity contribution >= 4 is 17.8 Å². The van der Waals surface area contributed by atoms with Gasteiger partial charge in [-0.25, -0.2) is 4.79 Å². The smallest absolute Gasteiger partial charge is 0.408 e. The molecule has 0 bridgehead atoms. The van der Waals surface area contributed by atoms with E-state index in [0.29, 0.717) is 17.7 Å². The second kappa shape index (κ2) is 11.2. The molecule has 1 N–H and O–H groups in total. The molecule has 0 aliphatic heterocycles. The molecule has 0 radical (unpaired) electrons. The number of alkyl carbamates (subject to hydrolysis) is 1. The maximum absolute atomic E-state index is 12.9. The third kappa shape index (κ3) is 8.50. The van der Waals surface area contributed by atoms with E-state index in [9.17, 15) is 14.4 Å².